The first-order valence-electron chi connectivity index (χ1n) is 11.1. The molecule has 1 aliphatic heterocycles. The molecule has 1 N–H and O–H groups in total. The number of hydrogen-bond acceptors (Lipinski definition) is 3. The van der Waals surface area contributed by atoms with Crippen LogP contribution in [0, 0.1) is 5.92 Å². The van der Waals surface area contributed by atoms with E-state index in [0.717, 1.165) is 16.7 Å². The number of hydrogen-bond donors (Lipinski definition) is 1. The van der Waals surface area contributed by atoms with Gasteiger partial charge in [-0.15, -0.1) is 0 Å². The number of carbonyl (C=O) groups is 2. The fraction of sp³-hybridized carbons (Fsp3) is 0.259. The van der Waals surface area contributed by atoms with E-state index in [1.54, 1.807) is 6.08 Å². The molecular formula is C27H28N2O3. The molecule has 0 radical (unpaired) electrons. The molecule has 4 rings (SSSR count). The zero-order chi connectivity index (χ0) is 22.2. The standard InChI is InChI=1S/C27H28N2O3/c30-26(13-10-21-6-2-1-3-7-21)29-17-14-23(15-18-29)27(31)28-16-19-32-25-12-11-22-8-4-5-9-24(22)20-25/h1-13,20,23H,14-19H2,(H,28,31)/b13-10+. The number of nitrogens with one attached hydrogen (secondary N) is 1. The molecule has 1 aliphatic rings. The lowest BCUT2D eigenvalue weighted by Crippen LogP contribution is -2.43. The maximum atomic E-state index is 12.5. The van der Waals surface area contributed by atoms with Crippen LogP contribution in [0.3, 0.4) is 0 Å². The zero-order valence-corrected chi connectivity index (χ0v) is 18.1. The van der Waals surface area contributed by atoms with Crippen molar-refractivity contribution < 1.29 is 14.3 Å². The van der Waals surface area contributed by atoms with E-state index in [2.05, 4.69) is 17.4 Å². The minimum absolute atomic E-state index is 0.00324. The molecule has 2 amide bonds. The molecule has 0 spiro atoms. The van der Waals surface area contributed by atoms with Gasteiger partial charge in [-0.2, -0.15) is 0 Å². The van der Waals surface area contributed by atoms with Crippen molar-refractivity contribution in [2.24, 2.45) is 5.92 Å². The van der Waals surface area contributed by atoms with Crippen LogP contribution < -0.4 is 10.1 Å². The average molecular weight is 429 g/mol. The van der Waals surface area contributed by atoms with E-state index in [1.165, 1.54) is 5.39 Å². The number of likely N-dealkylation sites (tertiary alicyclic amines) is 1. The largest absolute Gasteiger partial charge is 0.492 e. The van der Waals surface area contributed by atoms with E-state index < -0.39 is 0 Å². The minimum atomic E-state index is -0.0576. The van der Waals surface area contributed by atoms with E-state index in [0.29, 0.717) is 39.1 Å². The van der Waals surface area contributed by atoms with E-state index in [1.807, 2.05) is 71.6 Å². The highest BCUT2D eigenvalue weighted by molar-refractivity contribution is 5.92. The Bertz CT molecular complexity index is 1090. The maximum absolute atomic E-state index is 12.5. The van der Waals surface area contributed by atoms with Crippen molar-refractivity contribution in [3.05, 3.63) is 84.4 Å². The van der Waals surface area contributed by atoms with E-state index in [4.69, 9.17) is 4.74 Å². The van der Waals surface area contributed by atoms with Crippen molar-refractivity contribution in [2.75, 3.05) is 26.2 Å². The van der Waals surface area contributed by atoms with Crippen LogP contribution in [0.1, 0.15) is 18.4 Å². The van der Waals surface area contributed by atoms with Crippen LogP contribution in [0.2, 0.25) is 0 Å². The summed E-state index contributed by atoms with van der Waals surface area (Å²) in [7, 11) is 0. The van der Waals surface area contributed by atoms with Crippen LogP contribution in [0.4, 0.5) is 0 Å². The van der Waals surface area contributed by atoms with E-state index in [-0.39, 0.29) is 17.7 Å². The molecular weight excluding hydrogens is 400 g/mol. The molecule has 1 heterocycles. The Balaban J connectivity index is 1.16. The average Bonchev–Trinajstić information content (AvgIpc) is 2.85. The lowest BCUT2D eigenvalue weighted by atomic mass is 9.96. The second-order valence-corrected chi connectivity index (χ2v) is 7.99. The van der Waals surface area contributed by atoms with Crippen LogP contribution in [-0.2, 0) is 9.59 Å². The van der Waals surface area contributed by atoms with Gasteiger partial charge in [0.2, 0.25) is 11.8 Å². The molecule has 0 saturated carbocycles. The van der Waals surface area contributed by atoms with Gasteiger partial charge in [-0.05, 0) is 47.4 Å². The summed E-state index contributed by atoms with van der Waals surface area (Å²) < 4.78 is 5.79. The van der Waals surface area contributed by atoms with Gasteiger partial charge in [0, 0.05) is 25.1 Å². The Kier molecular flexibility index (Phi) is 7.18. The molecule has 3 aromatic carbocycles. The molecule has 0 aliphatic carbocycles. The second kappa shape index (κ2) is 10.6. The van der Waals surface area contributed by atoms with Gasteiger partial charge in [0.25, 0.3) is 0 Å². The van der Waals surface area contributed by atoms with Crippen molar-refractivity contribution in [1.82, 2.24) is 10.2 Å². The van der Waals surface area contributed by atoms with Crippen molar-refractivity contribution in [1.29, 1.82) is 0 Å². The minimum Gasteiger partial charge on any atom is -0.492 e. The van der Waals surface area contributed by atoms with Crippen molar-refractivity contribution in [2.45, 2.75) is 12.8 Å². The SMILES string of the molecule is O=C(NCCOc1ccc2ccccc2c1)C1CCN(C(=O)/C=C/c2ccccc2)CC1. The summed E-state index contributed by atoms with van der Waals surface area (Å²) in [6, 6.07) is 23.9. The summed E-state index contributed by atoms with van der Waals surface area (Å²) in [5, 5.41) is 5.28. The summed E-state index contributed by atoms with van der Waals surface area (Å²) in [4.78, 5) is 26.7. The second-order valence-electron chi connectivity index (χ2n) is 7.99. The normalized spacial score (nSPS) is 14.6. The van der Waals surface area contributed by atoms with Gasteiger partial charge in [0.1, 0.15) is 12.4 Å². The predicted molar refractivity (Wildman–Crippen MR) is 127 cm³/mol. The lowest BCUT2D eigenvalue weighted by molar-refractivity contribution is -0.132. The molecule has 164 valence electrons. The number of rotatable bonds is 7. The third-order valence-electron chi connectivity index (χ3n) is 5.79. The summed E-state index contributed by atoms with van der Waals surface area (Å²) in [5.74, 6) is 0.779. The number of carbonyl (C=O) groups excluding carboxylic acids is 2. The van der Waals surface area contributed by atoms with Gasteiger partial charge in [-0.3, -0.25) is 9.59 Å². The first-order chi connectivity index (χ1) is 15.7. The van der Waals surface area contributed by atoms with Crippen molar-refractivity contribution in [3.63, 3.8) is 0 Å². The highest BCUT2D eigenvalue weighted by Gasteiger charge is 2.26. The van der Waals surface area contributed by atoms with Gasteiger partial charge >= 0.3 is 0 Å². The highest BCUT2D eigenvalue weighted by atomic mass is 16.5. The van der Waals surface area contributed by atoms with Gasteiger partial charge in [0.05, 0.1) is 6.54 Å². The Morgan fingerprint density at radius 1 is 0.938 bits per heavy atom. The quantitative estimate of drug-likeness (QED) is 0.451. The zero-order valence-electron chi connectivity index (χ0n) is 18.1. The molecule has 0 aromatic heterocycles. The van der Waals surface area contributed by atoms with E-state index >= 15 is 0 Å². The van der Waals surface area contributed by atoms with Crippen molar-refractivity contribution >= 4 is 28.7 Å². The molecule has 5 nitrogen and oxygen atoms in total. The predicted octanol–water partition coefficient (Wildman–Crippen LogP) is 4.29. The first-order valence-corrected chi connectivity index (χ1v) is 11.1. The molecule has 1 fully saturated rings. The van der Waals surface area contributed by atoms with Gasteiger partial charge in [-0.25, -0.2) is 0 Å². The van der Waals surface area contributed by atoms with Crippen LogP contribution >= 0.6 is 0 Å². The Hall–Kier alpha value is -3.60. The van der Waals surface area contributed by atoms with Crippen molar-refractivity contribution in [3.8, 4) is 5.75 Å². The van der Waals surface area contributed by atoms with Crippen LogP contribution in [-0.4, -0.2) is 43.0 Å². The molecule has 3 aromatic rings. The van der Waals surface area contributed by atoms with Gasteiger partial charge in [-0.1, -0.05) is 60.7 Å². The number of benzene rings is 3. The maximum Gasteiger partial charge on any atom is 0.246 e. The Labute approximate surface area is 188 Å². The molecule has 0 atom stereocenters. The molecule has 0 unspecified atom stereocenters. The number of nitrogens with zero attached hydrogens (tertiary/aromatic N) is 1. The van der Waals surface area contributed by atoms with Crippen LogP contribution in [0.15, 0.2) is 78.9 Å². The third-order valence-corrected chi connectivity index (χ3v) is 5.79. The molecule has 1 saturated heterocycles. The number of ether oxygens (including phenoxy) is 1. The van der Waals surface area contributed by atoms with Crippen LogP contribution in [0.25, 0.3) is 16.8 Å². The smallest absolute Gasteiger partial charge is 0.246 e. The Morgan fingerprint density at radius 2 is 1.66 bits per heavy atom. The topological polar surface area (TPSA) is 58.6 Å². The number of fused-ring (bicyclic) bond motifs is 1. The summed E-state index contributed by atoms with van der Waals surface area (Å²) in [6.07, 6.45) is 4.81. The highest BCUT2D eigenvalue weighted by Crippen LogP contribution is 2.21. The molecule has 5 heteroatoms. The summed E-state index contributed by atoms with van der Waals surface area (Å²) >= 11 is 0. The fourth-order valence-electron chi connectivity index (χ4n) is 3.94. The summed E-state index contributed by atoms with van der Waals surface area (Å²) in [6.45, 7) is 2.09. The number of amides is 2. The number of piperidine rings is 1. The van der Waals surface area contributed by atoms with Gasteiger partial charge < -0.3 is 15.0 Å². The first kappa shape index (κ1) is 21.6. The molecule has 32 heavy (non-hydrogen) atoms. The lowest BCUT2D eigenvalue weighted by Gasteiger charge is -2.30. The van der Waals surface area contributed by atoms with Gasteiger partial charge in [0.15, 0.2) is 0 Å². The van der Waals surface area contributed by atoms with E-state index in [9.17, 15) is 9.59 Å². The Morgan fingerprint density at radius 3 is 2.44 bits per heavy atom. The monoisotopic (exact) mass is 428 g/mol. The summed E-state index contributed by atoms with van der Waals surface area (Å²) in [5.41, 5.74) is 1.00. The molecule has 0 bridgehead atoms. The van der Waals surface area contributed by atoms with Crippen LogP contribution in [0.5, 0.6) is 5.75 Å². The third kappa shape index (κ3) is 5.76. The fourth-order valence-corrected chi connectivity index (χ4v) is 3.94.